The zero-order chi connectivity index (χ0) is 20.8. The van der Waals surface area contributed by atoms with Crippen LogP contribution in [0.4, 0.5) is 5.69 Å². The Morgan fingerprint density at radius 3 is 2.14 bits per heavy atom. The number of piperazine rings is 1. The molecule has 0 saturated carbocycles. The van der Waals surface area contributed by atoms with Crippen molar-refractivity contribution in [2.75, 3.05) is 44.2 Å². The summed E-state index contributed by atoms with van der Waals surface area (Å²) in [6.45, 7) is 8.31. The Morgan fingerprint density at radius 1 is 0.966 bits per heavy atom. The van der Waals surface area contributed by atoms with Gasteiger partial charge in [0.15, 0.2) is 0 Å². The number of hydrogen-bond donors (Lipinski definition) is 0. The van der Waals surface area contributed by atoms with Crippen LogP contribution in [-0.2, 0) is 11.2 Å². The lowest BCUT2D eigenvalue weighted by molar-refractivity contribution is -0.116. The quantitative estimate of drug-likeness (QED) is 0.725. The Morgan fingerprint density at radius 2 is 1.59 bits per heavy atom. The summed E-state index contributed by atoms with van der Waals surface area (Å²) in [6.07, 6.45) is 0.983. The number of carbonyl (C=O) groups is 2. The third kappa shape index (κ3) is 5.58. The van der Waals surface area contributed by atoms with Crippen LogP contribution >= 0.6 is 11.6 Å². The minimum atomic E-state index is 0.00120. The highest BCUT2D eigenvalue weighted by Crippen LogP contribution is 2.17. The van der Waals surface area contributed by atoms with Crippen molar-refractivity contribution in [2.45, 2.75) is 20.3 Å². The molecule has 2 amide bonds. The molecule has 0 aliphatic carbocycles. The highest BCUT2D eigenvalue weighted by Gasteiger charge is 2.22. The van der Waals surface area contributed by atoms with Crippen LogP contribution in [0.25, 0.3) is 0 Å². The molecular weight excluding hydrogens is 386 g/mol. The van der Waals surface area contributed by atoms with E-state index in [2.05, 4.69) is 17.0 Å². The summed E-state index contributed by atoms with van der Waals surface area (Å²) < 4.78 is 0. The van der Waals surface area contributed by atoms with Gasteiger partial charge in [0.2, 0.25) is 5.91 Å². The first-order valence-electron chi connectivity index (χ1n) is 10.1. The smallest absolute Gasteiger partial charge is 0.253 e. The van der Waals surface area contributed by atoms with Crippen molar-refractivity contribution < 1.29 is 9.59 Å². The molecule has 3 rings (SSSR count). The number of amides is 2. The maximum absolute atomic E-state index is 12.8. The van der Waals surface area contributed by atoms with Crippen LogP contribution in [0.5, 0.6) is 0 Å². The fourth-order valence-corrected chi connectivity index (χ4v) is 3.79. The van der Waals surface area contributed by atoms with Crippen LogP contribution in [-0.4, -0.2) is 60.9 Å². The van der Waals surface area contributed by atoms with E-state index in [0.29, 0.717) is 12.1 Å². The summed E-state index contributed by atoms with van der Waals surface area (Å²) >= 11 is 5.94. The van der Waals surface area contributed by atoms with Gasteiger partial charge >= 0.3 is 0 Å². The SMILES string of the molecule is CCN(C(C)=O)c1ccc(C(=O)N2CCN(CCc3ccc(Cl)cc3)CC2)cc1. The molecular formula is C23H28ClN3O2. The molecule has 6 heteroatoms. The summed E-state index contributed by atoms with van der Waals surface area (Å²) in [5, 5.41) is 0.762. The molecule has 1 aliphatic heterocycles. The van der Waals surface area contributed by atoms with Gasteiger partial charge in [-0.2, -0.15) is 0 Å². The summed E-state index contributed by atoms with van der Waals surface area (Å²) in [7, 11) is 0. The van der Waals surface area contributed by atoms with Gasteiger partial charge in [0.1, 0.15) is 0 Å². The number of anilines is 1. The molecule has 154 valence electrons. The van der Waals surface area contributed by atoms with Crippen LogP contribution < -0.4 is 4.90 Å². The Labute approximate surface area is 177 Å². The number of halogens is 1. The zero-order valence-electron chi connectivity index (χ0n) is 17.1. The average molecular weight is 414 g/mol. The molecule has 0 spiro atoms. The Hall–Kier alpha value is -2.37. The van der Waals surface area contributed by atoms with Gasteiger partial charge in [-0.25, -0.2) is 0 Å². The summed E-state index contributed by atoms with van der Waals surface area (Å²) in [5.41, 5.74) is 2.77. The topological polar surface area (TPSA) is 43.9 Å². The highest BCUT2D eigenvalue weighted by molar-refractivity contribution is 6.30. The average Bonchev–Trinajstić information content (AvgIpc) is 2.74. The Bertz CT molecular complexity index is 828. The molecule has 1 fully saturated rings. The zero-order valence-corrected chi connectivity index (χ0v) is 17.9. The van der Waals surface area contributed by atoms with Crippen LogP contribution in [0.1, 0.15) is 29.8 Å². The molecule has 2 aromatic carbocycles. The van der Waals surface area contributed by atoms with Gasteiger partial charge in [-0.15, -0.1) is 0 Å². The molecule has 0 bridgehead atoms. The van der Waals surface area contributed by atoms with E-state index in [9.17, 15) is 9.59 Å². The molecule has 0 unspecified atom stereocenters. The second-order valence-electron chi connectivity index (χ2n) is 7.32. The third-order valence-electron chi connectivity index (χ3n) is 5.41. The van der Waals surface area contributed by atoms with Gasteiger partial charge in [0.25, 0.3) is 5.91 Å². The van der Waals surface area contributed by atoms with E-state index in [-0.39, 0.29) is 11.8 Å². The van der Waals surface area contributed by atoms with E-state index in [4.69, 9.17) is 11.6 Å². The molecule has 1 aliphatic rings. The lowest BCUT2D eigenvalue weighted by atomic mass is 10.1. The third-order valence-corrected chi connectivity index (χ3v) is 5.66. The van der Waals surface area contributed by atoms with Gasteiger partial charge in [0, 0.05) is 62.5 Å². The van der Waals surface area contributed by atoms with Crippen LogP contribution in [0.3, 0.4) is 0 Å². The monoisotopic (exact) mass is 413 g/mol. The molecule has 5 nitrogen and oxygen atoms in total. The first kappa shape index (κ1) is 21.3. The Balaban J connectivity index is 1.50. The van der Waals surface area contributed by atoms with Crippen LogP contribution in [0.2, 0.25) is 5.02 Å². The van der Waals surface area contributed by atoms with Crippen molar-refractivity contribution in [3.8, 4) is 0 Å². The second kappa shape index (κ2) is 9.90. The fourth-order valence-electron chi connectivity index (χ4n) is 3.67. The molecule has 0 N–H and O–H groups in total. The van der Waals surface area contributed by atoms with Gasteiger partial charge in [-0.05, 0) is 55.3 Å². The molecule has 2 aromatic rings. The van der Waals surface area contributed by atoms with Gasteiger partial charge < -0.3 is 9.80 Å². The maximum atomic E-state index is 12.8. The van der Waals surface area contributed by atoms with Crippen molar-refractivity contribution >= 4 is 29.1 Å². The molecule has 0 aromatic heterocycles. The summed E-state index contributed by atoms with van der Waals surface area (Å²) in [4.78, 5) is 30.5. The van der Waals surface area contributed by atoms with E-state index in [1.807, 2.05) is 48.2 Å². The largest absolute Gasteiger partial charge is 0.336 e. The van der Waals surface area contributed by atoms with Crippen LogP contribution in [0, 0.1) is 0 Å². The summed E-state index contributed by atoms with van der Waals surface area (Å²) in [6, 6.07) is 15.3. The van der Waals surface area contributed by atoms with Crippen molar-refractivity contribution in [3.63, 3.8) is 0 Å². The predicted molar refractivity (Wildman–Crippen MR) is 118 cm³/mol. The van der Waals surface area contributed by atoms with E-state index < -0.39 is 0 Å². The predicted octanol–water partition coefficient (Wildman–Crippen LogP) is 3.71. The standard InChI is InChI=1S/C23H28ClN3O2/c1-3-27(18(2)28)22-10-6-20(7-11-22)23(29)26-16-14-25(15-17-26)13-12-19-4-8-21(24)9-5-19/h4-11H,3,12-17H2,1-2H3. The fraction of sp³-hybridized carbons (Fsp3) is 0.391. The number of nitrogens with zero attached hydrogens (tertiary/aromatic N) is 3. The van der Waals surface area contributed by atoms with E-state index in [1.165, 1.54) is 5.56 Å². The molecule has 0 atom stereocenters. The first-order valence-corrected chi connectivity index (χ1v) is 10.5. The van der Waals surface area contributed by atoms with Crippen molar-refractivity contribution in [3.05, 3.63) is 64.7 Å². The van der Waals surface area contributed by atoms with Crippen molar-refractivity contribution in [2.24, 2.45) is 0 Å². The highest BCUT2D eigenvalue weighted by atomic mass is 35.5. The summed E-state index contributed by atoms with van der Waals surface area (Å²) in [5.74, 6) is 0.0565. The normalized spacial score (nSPS) is 14.7. The van der Waals surface area contributed by atoms with Crippen LogP contribution in [0.15, 0.2) is 48.5 Å². The first-order chi connectivity index (χ1) is 14.0. The van der Waals surface area contributed by atoms with Crippen molar-refractivity contribution in [1.82, 2.24) is 9.80 Å². The maximum Gasteiger partial charge on any atom is 0.253 e. The van der Waals surface area contributed by atoms with E-state index in [1.54, 1.807) is 11.8 Å². The van der Waals surface area contributed by atoms with Gasteiger partial charge in [0.05, 0.1) is 0 Å². The molecule has 29 heavy (non-hydrogen) atoms. The number of rotatable bonds is 6. The minimum Gasteiger partial charge on any atom is -0.336 e. The molecule has 0 radical (unpaired) electrons. The van der Waals surface area contributed by atoms with E-state index >= 15 is 0 Å². The van der Waals surface area contributed by atoms with Gasteiger partial charge in [-0.3, -0.25) is 14.5 Å². The lowest BCUT2D eigenvalue weighted by Gasteiger charge is -2.34. The lowest BCUT2D eigenvalue weighted by Crippen LogP contribution is -2.49. The molecule has 1 heterocycles. The number of carbonyl (C=O) groups excluding carboxylic acids is 2. The Kier molecular flexibility index (Phi) is 7.29. The van der Waals surface area contributed by atoms with Crippen molar-refractivity contribution in [1.29, 1.82) is 0 Å². The van der Waals surface area contributed by atoms with Gasteiger partial charge in [-0.1, -0.05) is 23.7 Å². The minimum absolute atomic E-state index is 0.00120. The second-order valence-corrected chi connectivity index (χ2v) is 7.76. The molecule has 1 saturated heterocycles. The number of benzene rings is 2. The number of hydrogen-bond acceptors (Lipinski definition) is 3. The van der Waals surface area contributed by atoms with E-state index in [0.717, 1.165) is 49.9 Å².